The first kappa shape index (κ1) is 64.1. The van der Waals surface area contributed by atoms with Crippen molar-refractivity contribution in [1.82, 2.24) is 35.6 Å². The molecule has 3 fully saturated rings. The molecular weight excluding hydrogens is 1010 g/mol. The predicted molar refractivity (Wildman–Crippen MR) is 285 cm³/mol. The van der Waals surface area contributed by atoms with Crippen molar-refractivity contribution in [2.75, 3.05) is 34.3 Å². The number of cyclic esters (lactones) is 2. The second-order valence-electron chi connectivity index (χ2n) is 22.4. The lowest BCUT2D eigenvalue weighted by atomic mass is 9.92. The molecule has 3 aliphatic heterocycles. The van der Waals surface area contributed by atoms with Crippen LogP contribution in [0.3, 0.4) is 0 Å². The van der Waals surface area contributed by atoms with E-state index in [0.717, 1.165) is 6.92 Å². The first-order valence-corrected chi connectivity index (χ1v) is 27.4. The highest BCUT2D eigenvalue weighted by atomic mass is 16.6. The molecule has 3 saturated heterocycles. The molecule has 1 aromatic carbocycles. The third-order valence-corrected chi connectivity index (χ3v) is 15.0. The monoisotopic (exact) mass is 1100 g/mol. The molecule has 1 aromatic rings. The van der Waals surface area contributed by atoms with Gasteiger partial charge in [-0.3, -0.25) is 47.9 Å². The van der Waals surface area contributed by atoms with E-state index in [-0.39, 0.29) is 57.0 Å². The highest BCUT2D eigenvalue weighted by molar-refractivity contribution is 6.35. The Kier molecular flexibility index (Phi) is 23.8. The van der Waals surface area contributed by atoms with Crippen LogP contribution in [0.1, 0.15) is 133 Å². The summed E-state index contributed by atoms with van der Waals surface area (Å²) < 4.78 is 17.1. The number of benzene rings is 1. The second-order valence-corrected chi connectivity index (χ2v) is 22.4. The number of hydrogen-bond donors (Lipinski definition) is 4. The molecule has 4 rings (SSSR count). The van der Waals surface area contributed by atoms with Crippen LogP contribution in [0.25, 0.3) is 0 Å². The molecule has 1 unspecified atom stereocenters. The van der Waals surface area contributed by atoms with E-state index in [1.54, 1.807) is 52.0 Å². The molecule has 0 radical (unpaired) electrons. The van der Waals surface area contributed by atoms with Gasteiger partial charge in [0, 0.05) is 40.5 Å². The van der Waals surface area contributed by atoms with Gasteiger partial charge in [-0.2, -0.15) is 0 Å². The number of esters is 2. The molecule has 78 heavy (non-hydrogen) atoms. The van der Waals surface area contributed by atoms with Gasteiger partial charge in [0.15, 0.2) is 11.9 Å². The fraction of sp³-hybridized carbons (Fsp3) is 0.696. The van der Waals surface area contributed by atoms with Gasteiger partial charge < -0.3 is 54.9 Å². The molecule has 434 valence electrons. The highest BCUT2D eigenvalue weighted by Gasteiger charge is 2.45. The summed E-state index contributed by atoms with van der Waals surface area (Å²) in [6.07, 6.45) is -4.47. The van der Waals surface area contributed by atoms with Crippen molar-refractivity contribution in [2.24, 2.45) is 23.7 Å². The maximum Gasteiger partial charge on any atom is 0.329 e. The molecule has 0 aromatic heterocycles. The van der Waals surface area contributed by atoms with E-state index in [4.69, 9.17) is 14.2 Å². The summed E-state index contributed by atoms with van der Waals surface area (Å²) in [4.78, 5) is 159. The number of rotatable bonds is 15. The van der Waals surface area contributed by atoms with Gasteiger partial charge in [-0.15, -0.1) is 0 Å². The van der Waals surface area contributed by atoms with Crippen molar-refractivity contribution in [3.63, 3.8) is 0 Å². The number of ketones is 2. The molecule has 7 amide bonds. The van der Waals surface area contributed by atoms with E-state index in [9.17, 15) is 57.8 Å². The van der Waals surface area contributed by atoms with Gasteiger partial charge in [0.2, 0.25) is 41.2 Å². The van der Waals surface area contributed by atoms with Crippen LogP contribution < -0.4 is 20.7 Å². The Balaban J connectivity index is 1.87. The number of hydrogen-bond acceptors (Lipinski definition) is 15. The maximum atomic E-state index is 15.0. The van der Waals surface area contributed by atoms with Crippen molar-refractivity contribution in [3.05, 3.63) is 29.8 Å². The molecule has 22 heteroatoms. The van der Waals surface area contributed by atoms with Crippen molar-refractivity contribution >= 4 is 64.9 Å². The largest absolute Gasteiger partial charge is 0.497 e. The Hall–Kier alpha value is -6.45. The summed E-state index contributed by atoms with van der Waals surface area (Å²) >= 11 is 0. The molecule has 0 spiro atoms. The normalized spacial score (nSPS) is 26.4. The smallest absolute Gasteiger partial charge is 0.329 e. The molecule has 11 atom stereocenters. The molecule has 3 aliphatic rings. The number of aliphatic hydroxyl groups excluding tert-OH is 1. The average Bonchev–Trinajstić information content (AvgIpc) is 4.08. The van der Waals surface area contributed by atoms with Crippen LogP contribution >= 0.6 is 0 Å². The number of nitrogens with one attached hydrogen (secondary N) is 3. The van der Waals surface area contributed by atoms with Crippen LogP contribution in [0.2, 0.25) is 0 Å². The lowest BCUT2D eigenvalue weighted by Gasteiger charge is -2.36. The van der Waals surface area contributed by atoms with Crippen LogP contribution in [0, 0.1) is 23.7 Å². The number of fused-ring (bicyclic) bond motifs is 1. The van der Waals surface area contributed by atoms with Crippen LogP contribution in [0.4, 0.5) is 0 Å². The SMILES string of the molecule is CC[C@H](C)[C@H]1NC(=O)[C@@H](NC(=O)[C@H](CC(C)C)N(C)C(=O)[C@@H]2CCCN2C(=O)C(C)=O)[C@@H](C)OC(=O)[C@H](Cc2ccc(OC)cc2)N(C)C(=O)[C@@H]2CCCN2C(=O)[C@H](CC(C)C)NC(=O)CC(=O)C(C(C)C)OC(=O)C[C@@H]1O. The summed E-state index contributed by atoms with van der Waals surface area (Å²) in [6.45, 7) is 16.7. The number of carbonyl (C=O) groups is 11. The van der Waals surface area contributed by atoms with E-state index >= 15 is 0 Å². The number of nitrogens with zero attached hydrogens (tertiary/aromatic N) is 4. The number of methoxy groups -OCH3 is 1. The Labute approximate surface area is 458 Å². The lowest BCUT2D eigenvalue weighted by molar-refractivity contribution is -0.163. The minimum atomic E-state index is -1.77. The number of ether oxygens (including phenoxy) is 3. The quantitative estimate of drug-likeness (QED) is 0.111. The minimum absolute atomic E-state index is 0.0557. The summed E-state index contributed by atoms with van der Waals surface area (Å²) in [5.74, 6) is -9.88. The Morgan fingerprint density at radius 2 is 1.53 bits per heavy atom. The summed E-state index contributed by atoms with van der Waals surface area (Å²) in [6, 6.07) is -2.28. The zero-order valence-electron chi connectivity index (χ0n) is 47.8. The van der Waals surface area contributed by atoms with Crippen LogP contribution in [-0.2, 0) is 68.6 Å². The van der Waals surface area contributed by atoms with Gasteiger partial charge in [-0.05, 0) is 86.8 Å². The summed E-state index contributed by atoms with van der Waals surface area (Å²) in [7, 11) is 4.26. The van der Waals surface area contributed by atoms with Crippen molar-refractivity contribution in [1.29, 1.82) is 0 Å². The minimum Gasteiger partial charge on any atom is -0.497 e. The van der Waals surface area contributed by atoms with Crippen molar-refractivity contribution in [2.45, 2.75) is 194 Å². The van der Waals surface area contributed by atoms with E-state index in [0.29, 0.717) is 30.6 Å². The molecule has 0 saturated carbocycles. The summed E-state index contributed by atoms with van der Waals surface area (Å²) in [5, 5.41) is 20.0. The first-order chi connectivity index (χ1) is 36.6. The lowest BCUT2D eigenvalue weighted by Crippen LogP contribution is -2.62. The topological polar surface area (TPSA) is 285 Å². The molecule has 22 nitrogen and oxygen atoms in total. The van der Waals surface area contributed by atoms with E-state index < -0.39 is 150 Å². The van der Waals surface area contributed by atoms with Gasteiger partial charge in [0.05, 0.1) is 32.1 Å². The van der Waals surface area contributed by atoms with Crippen LogP contribution in [0.15, 0.2) is 24.3 Å². The maximum absolute atomic E-state index is 15.0. The van der Waals surface area contributed by atoms with Crippen LogP contribution in [0.5, 0.6) is 5.75 Å². The number of Topliss-reactive ketones (excluding diaryl/α,β-unsaturated/α-hetero) is 2. The number of likely N-dealkylation sites (N-methyl/N-ethyl adjacent to an activating group) is 2. The predicted octanol–water partition coefficient (Wildman–Crippen LogP) is 2.28. The Morgan fingerprint density at radius 3 is 2.10 bits per heavy atom. The highest BCUT2D eigenvalue weighted by Crippen LogP contribution is 2.27. The van der Waals surface area contributed by atoms with Gasteiger partial charge >= 0.3 is 11.9 Å². The summed E-state index contributed by atoms with van der Waals surface area (Å²) in [5.41, 5.74) is 0.567. The average molecular weight is 1100 g/mol. The fourth-order valence-electron chi connectivity index (χ4n) is 10.3. The second kappa shape index (κ2) is 29.0. The molecular formula is C56H85N7O15. The van der Waals surface area contributed by atoms with Crippen molar-refractivity contribution < 1.29 is 72.1 Å². The van der Waals surface area contributed by atoms with Gasteiger partial charge in [-0.25, -0.2) is 4.79 Å². The molecule has 0 aliphatic carbocycles. The first-order valence-electron chi connectivity index (χ1n) is 27.4. The number of aliphatic hydroxyl groups is 1. The van der Waals surface area contributed by atoms with Crippen molar-refractivity contribution in [3.8, 4) is 5.75 Å². The van der Waals surface area contributed by atoms with E-state index in [2.05, 4.69) is 16.0 Å². The zero-order valence-corrected chi connectivity index (χ0v) is 47.8. The van der Waals surface area contributed by atoms with Gasteiger partial charge in [-0.1, -0.05) is 73.9 Å². The standard InChI is InChI=1S/C56H85N7O15/c1-14-33(8)47-43(65)29-46(68)78-49(32(6)7)44(66)28-45(67)57-38(25-30(2)3)53(72)63-24-16-18-40(63)55(74)61(12)42(27-36-19-21-37(76-13)22-20-36)56(75)77-35(10)48(51(70)58-47)59-50(69)41(26-31(4)5)60(11)54(73)39-17-15-23-62(39)52(71)34(9)64/h19-22,30-33,35,38-43,47-49,65H,14-18,23-29H2,1-13H3,(H,57,67)(H,58,70)(H,59,69)/t33-,35+,38-,39-,40-,41-,42-,43-,47+,48-,49?/m0/s1. The number of carbonyl (C=O) groups excluding carboxylic acids is 11. The van der Waals surface area contributed by atoms with Crippen LogP contribution in [-0.4, -0.2) is 184 Å². The Morgan fingerprint density at radius 1 is 0.885 bits per heavy atom. The third-order valence-electron chi connectivity index (χ3n) is 15.0. The van der Waals surface area contributed by atoms with E-state index in [1.165, 1.54) is 47.7 Å². The third kappa shape index (κ3) is 16.8. The number of likely N-dealkylation sites (tertiary alicyclic amines) is 1. The molecule has 3 heterocycles. The fourth-order valence-corrected chi connectivity index (χ4v) is 10.3. The molecule has 0 bridgehead atoms. The van der Waals surface area contributed by atoms with E-state index in [1.807, 2.05) is 27.7 Å². The van der Waals surface area contributed by atoms with Gasteiger partial charge in [0.25, 0.3) is 5.91 Å². The number of amides is 7. The van der Waals surface area contributed by atoms with Gasteiger partial charge in [0.1, 0.15) is 48.1 Å². The molecule has 4 N–H and O–H groups in total. The zero-order chi connectivity index (χ0) is 58.5. The Bertz CT molecular complexity index is 2340.